The van der Waals surface area contributed by atoms with Crippen LogP contribution in [0.4, 0.5) is 4.79 Å². The number of benzene rings is 1. The maximum Gasteiger partial charge on any atom is 0.408 e. The standard InChI is InChI=1S/C35H45ClN6O9S/c1-6-19-17-35(19,32(45)41-52(47,48)23-12-13-23)40-29(43)26-16-22(50-30-28(36)37-24-14-11-21(49-5)15-25(24)38-30)18-42(26)31(44)27(34(2,3)4)39-33(46)51-20-9-7-8-10-20/h6,11,14-15,19-20,22-23,26-27H,1,7-10,12-13,16-18H2,2-5H3,(H,39,46)(H,40,43)(H,41,45)/t19?,22-,26+,27-,35-/m1/s1. The summed E-state index contributed by atoms with van der Waals surface area (Å²) >= 11 is 6.48. The SMILES string of the molecule is C=CC1C[C@]1(NC(=O)[C@@H]1C[C@@H](Oc2nc3cc(OC)ccc3nc2Cl)CN1C(=O)[C@@H](NC(=O)OC1CCCC1)C(C)(C)C)C(=O)NS(=O)(=O)C1CC1. The van der Waals surface area contributed by atoms with Crippen molar-refractivity contribution in [3.8, 4) is 11.6 Å². The Hall–Kier alpha value is -4.18. The Kier molecular flexibility index (Phi) is 10.4. The Balaban J connectivity index is 1.27. The van der Waals surface area contributed by atoms with E-state index in [1.807, 2.05) is 0 Å². The van der Waals surface area contributed by atoms with E-state index in [0.717, 1.165) is 25.7 Å². The van der Waals surface area contributed by atoms with Gasteiger partial charge in [-0.2, -0.15) is 0 Å². The summed E-state index contributed by atoms with van der Waals surface area (Å²) in [5, 5.41) is 4.81. The molecule has 52 heavy (non-hydrogen) atoms. The molecule has 4 aliphatic rings. The number of aromatic nitrogens is 2. The molecular weight excluding hydrogens is 716 g/mol. The summed E-state index contributed by atoms with van der Waals surface area (Å²) in [5.41, 5.74) is -1.46. The Bertz CT molecular complexity index is 1880. The molecule has 4 fully saturated rings. The minimum atomic E-state index is -3.91. The van der Waals surface area contributed by atoms with Crippen LogP contribution in [0.5, 0.6) is 11.6 Å². The number of likely N-dealkylation sites (tertiary alicyclic amines) is 1. The van der Waals surface area contributed by atoms with E-state index in [1.165, 1.54) is 18.1 Å². The van der Waals surface area contributed by atoms with Crippen molar-refractivity contribution in [1.82, 2.24) is 30.2 Å². The Morgan fingerprint density at radius 2 is 1.79 bits per heavy atom. The highest BCUT2D eigenvalue weighted by molar-refractivity contribution is 7.91. The molecule has 1 aromatic heterocycles. The van der Waals surface area contributed by atoms with Crippen molar-refractivity contribution in [1.29, 1.82) is 0 Å². The number of sulfonamides is 1. The van der Waals surface area contributed by atoms with Crippen molar-refractivity contribution >= 4 is 56.5 Å². The second kappa shape index (κ2) is 14.3. The minimum absolute atomic E-state index is 0.0263. The summed E-state index contributed by atoms with van der Waals surface area (Å²) in [6.07, 6.45) is 4.03. The van der Waals surface area contributed by atoms with E-state index < -0.39 is 74.1 Å². The van der Waals surface area contributed by atoms with E-state index in [2.05, 4.69) is 31.9 Å². The number of methoxy groups -OCH3 is 1. The predicted octanol–water partition coefficient (Wildman–Crippen LogP) is 3.39. The van der Waals surface area contributed by atoms with Crippen LogP contribution in [0.2, 0.25) is 5.15 Å². The molecule has 5 atom stereocenters. The molecule has 2 aromatic rings. The average molecular weight is 761 g/mol. The minimum Gasteiger partial charge on any atom is -0.497 e. The predicted molar refractivity (Wildman–Crippen MR) is 190 cm³/mol. The first-order chi connectivity index (χ1) is 24.5. The van der Waals surface area contributed by atoms with Crippen molar-refractivity contribution in [2.75, 3.05) is 13.7 Å². The third kappa shape index (κ3) is 7.92. The molecule has 3 saturated carbocycles. The molecule has 17 heteroatoms. The van der Waals surface area contributed by atoms with Gasteiger partial charge in [-0.3, -0.25) is 19.1 Å². The van der Waals surface area contributed by atoms with Crippen LogP contribution in [0.15, 0.2) is 30.9 Å². The van der Waals surface area contributed by atoms with Crippen LogP contribution in [0.1, 0.15) is 72.1 Å². The number of nitrogens with zero attached hydrogens (tertiary/aromatic N) is 3. The molecule has 4 amide bonds. The van der Waals surface area contributed by atoms with E-state index >= 15 is 0 Å². The van der Waals surface area contributed by atoms with Gasteiger partial charge in [-0.05, 0) is 62.5 Å². The van der Waals surface area contributed by atoms with Gasteiger partial charge in [-0.1, -0.05) is 38.4 Å². The molecule has 1 unspecified atom stereocenters. The fourth-order valence-corrected chi connectivity index (χ4v) is 8.42. The van der Waals surface area contributed by atoms with E-state index in [1.54, 1.807) is 39.0 Å². The topological polar surface area (TPSA) is 195 Å². The lowest BCUT2D eigenvalue weighted by Gasteiger charge is -2.35. The highest BCUT2D eigenvalue weighted by Crippen LogP contribution is 2.45. The Morgan fingerprint density at radius 3 is 2.40 bits per heavy atom. The van der Waals surface area contributed by atoms with Gasteiger partial charge in [-0.15, -0.1) is 6.58 Å². The molecule has 1 saturated heterocycles. The monoisotopic (exact) mass is 760 g/mol. The van der Waals surface area contributed by atoms with Crippen LogP contribution in [0, 0.1) is 11.3 Å². The highest BCUT2D eigenvalue weighted by atomic mass is 35.5. The molecule has 15 nitrogen and oxygen atoms in total. The molecule has 282 valence electrons. The first-order valence-electron chi connectivity index (χ1n) is 17.5. The number of alkyl carbamates (subject to hydrolysis) is 1. The number of hydrogen-bond acceptors (Lipinski definition) is 11. The third-order valence-corrected chi connectivity index (χ3v) is 12.2. The first-order valence-corrected chi connectivity index (χ1v) is 19.4. The zero-order chi connectivity index (χ0) is 37.6. The number of nitrogens with one attached hydrogen (secondary N) is 3. The molecule has 1 aliphatic heterocycles. The van der Waals surface area contributed by atoms with Crippen LogP contribution in [-0.4, -0.2) is 95.8 Å². The normalized spacial score (nSPS) is 25.2. The first kappa shape index (κ1) is 37.6. The van der Waals surface area contributed by atoms with Crippen LogP contribution in [0.3, 0.4) is 0 Å². The number of fused-ring (bicyclic) bond motifs is 1. The summed E-state index contributed by atoms with van der Waals surface area (Å²) in [6.45, 7) is 8.98. The van der Waals surface area contributed by atoms with Crippen molar-refractivity contribution in [2.24, 2.45) is 11.3 Å². The lowest BCUT2D eigenvalue weighted by Crippen LogP contribution is -2.60. The van der Waals surface area contributed by atoms with Crippen LogP contribution < -0.4 is 24.8 Å². The van der Waals surface area contributed by atoms with Crippen molar-refractivity contribution in [2.45, 2.75) is 107 Å². The Labute approximate surface area is 307 Å². The largest absolute Gasteiger partial charge is 0.497 e. The molecule has 1 aromatic carbocycles. The molecule has 0 bridgehead atoms. The zero-order valence-corrected chi connectivity index (χ0v) is 31.2. The third-order valence-electron chi connectivity index (χ3n) is 10.1. The summed E-state index contributed by atoms with van der Waals surface area (Å²) in [7, 11) is -2.39. The zero-order valence-electron chi connectivity index (χ0n) is 29.6. The van der Waals surface area contributed by atoms with Crippen molar-refractivity contribution in [3.05, 3.63) is 36.0 Å². The van der Waals surface area contributed by atoms with Crippen LogP contribution in [0.25, 0.3) is 11.0 Å². The van der Waals surface area contributed by atoms with Gasteiger partial charge in [0.05, 0.1) is 29.9 Å². The summed E-state index contributed by atoms with van der Waals surface area (Å²) in [6, 6.07) is 2.76. The maximum absolute atomic E-state index is 14.5. The molecule has 3 aliphatic carbocycles. The van der Waals surface area contributed by atoms with E-state index in [-0.39, 0.29) is 36.5 Å². The highest BCUT2D eigenvalue weighted by Gasteiger charge is 2.62. The van der Waals surface area contributed by atoms with Crippen molar-refractivity contribution < 1.29 is 41.8 Å². The number of hydrogen-bond donors (Lipinski definition) is 3. The van der Waals surface area contributed by atoms with E-state index in [9.17, 15) is 27.6 Å². The van der Waals surface area contributed by atoms with Crippen LogP contribution >= 0.6 is 11.6 Å². The van der Waals surface area contributed by atoms with Gasteiger partial charge in [-0.25, -0.2) is 23.2 Å². The number of halogens is 1. The lowest BCUT2D eigenvalue weighted by molar-refractivity contribution is -0.143. The lowest BCUT2D eigenvalue weighted by atomic mass is 9.85. The quantitative estimate of drug-likeness (QED) is 0.269. The van der Waals surface area contributed by atoms with Gasteiger partial charge >= 0.3 is 6.09 Å². The maximum atomic E-state index is 14.5. The molecule has 2 heterocycles. The van der Waals surface area contributed by atoms with Gasteiger partial charge < -0.3 is 29.7 Å². The van der Waals surface area contributed by atoms with Crippen molar-refractivity contribution in [3.63, 3.8) is 0 Å². The van der Waals surface area contributed by atoms with Gasteiger partial charge in [0, 0.05) is 18.4 Å². The fraction of sp³-hybridized carbons (Fsp3) is 0.600. The second-order valence-electron chi connectivity index (χ2n) is 15.1. The van der Waals surface area contributed by atoms with Crippen LogP contribution in [-0.2, 0) is 29.1 Å². The molecule has 0 spiro atoms. The molecule has 0 radical (unpaired) electrons. The number of rotatable bonds is 12. The summed E-state index contributed by atoms with van der Waals surface area (Å²) in [4.78, 5) is 65.4. The number of amides is 4. The molecular formula is C35H45ClN6O9S. The van der Waals surface area contributed by atoms with Gasteiger partial charge in [0.25, 0.3) is 11.8 Å². The number of carbonyl (C=O) groups is 4. The van der Waals surface area contributed by atoms with E-state index in [4.69, 9.17) is 25.8 Å². The van der Waals surface area contributed by atoms with E-state index in [0.29, 0.717) is 29.6 Å². The van der Waals surface area contributed by atoms with Gasteiger partial charge in [0.15, 0.2) is 5.15 Å². The second-order valence-corrected chi connectivity index (χ2v) is 17.4. The fourth-order valence-electron chi connectivity index (χ4n) is 6.87. The molecule has 3 N–H and O–H groups in total. The molecule has 6 rings (SSSR count). The number of ether oxygens (including phenoxy) is 3. The summed E-state index contributed by atoms with van der Waals surface area (Å²) < 4.78 is 44.6. The average Bonchev–Trinajstić information content (AvgIpc) is 3.97. The summed E-state index contributed by atoms with van der Waals surface area (Å²) in [5.74, 6) is -2.17. The number of carbonyl (C=O) groups excluding carboxylic acids is 4. The van der Waals surface area contributed by atoms with Gasteiger partial charge in [0.2, 0.25) is 21.8 Å². The Morgan fingerprint density at radius 1 is 1.08 bits per heavy atom. The van der Waals surface area contributed by atoms with Gasteiger partial charge in [0.1, 0.15) is 35.6 Å². The smallest absolute Gasteiger partial charge is 0.408 e.